The first-order chi connectivity index (χ1) is 8.58. The van der Waals surface area contributed by atoms with Crippen LogP contribution in [0.5, 0.6) is 0 Å². The average molecular weight is 247 g/mol. The monoisotopic (exact) mass is 247 g/mol. The highest BCUT2D eigenvalue weighted by Gasteiger charge is 2.18. The second kappa shape index (κ2) is 5.40. The van der Waals surface area contributed by atoms with Crippen molar-refractivity contribution in [1.29, 1.82) is 5.41 Å². The lowest BCUT2D eigenvalue weighted by atomic mass is 10.1. The lowest BCUT2D eigenvalue weighted by molar-refractivity contribution is 0.0821. The van der Waals surface area contributed by atoms with E-state index in [9.17, 15) is 0 Å². The number of aryl methyl sites for hydroxylation is 1. The molecule has 1 atom stereocenters. The molecule has 1 aromatic carbocycles. The summed E-state index contributed by atoms with van der Waals surface area (Å²) in [6.45, 7) is 6.75. The molecule has 1 fully saturated rings. The Kier molecular flexibility index (Phi) is 3.87. The van der Waals surface area contributed by atoms with E-state index in [1.165, 1.54) is 5.56 Å². The van der Waals surface area contributed by atoms with Gasteiger partial charge < -0.3 is 15.4 Å². The molecule has 0 radical (unpaired) electrons. The van der Waals surface area contributed by atoms with Crippen molar-refractivity contribution in [3.63, 3.8) is 0 Å². The van der Waals surface area contributed by atoms with Gasteiger partial charge in [-0.25, -0.2) is 0 Å². The third-order valence-electron chi connectivity index (χ3n) is 3.24. The highest BCUT2D eigenvalue weighted by molar-refractivity contribution is 6.00. The van der Waals surface area contributed by atoms with Crippen LogP contribution in [0.2, 0.25) is 0 Å². The topological polar surface area (TPSA) is 62.3 Å². The lowest BCUT2D eigenvalue weighted by Crippen LogP contribution is -2.32. The van der Waals surface area contributed by atoms with Gasteiger partial charge in [0.15, 0.2) is 0 Å². The number of nitrogens with zero attached hydrogens (tertiary/aromatic N) is 1. The molecule has 4 heteroatoms. The Morgan fingerprint density at radius 2 is 2.28 bits per heavy atom. The molecule has 0 bridgehead atoms. The molecule has 0 spiro atoms. The first-order valence-corrected chi connectivity index (χ1v) is 6.39. The maximum atomic E-state index is 7.69. The SMILES string of the molecule is Cc1ccc(C(=N)N)c(N2CCCOC(C)C2)c1. The molecule has 0 amide bonds. The largest absolute Gasteiger partial charge is 0.384 e. The second-order valence-corrected chi connectivity index (χ2v) is 4.92. The molecule has 0 saturated carbocycles. The number of hydrogen-bond donors (Lipinski definition) is 2. The summed E-state index contributed by atoms with van der Waals surface area (Å²) in [4.78, 5) is 2.28. The summed E-state index contributed by atoms with van der Waals surface area (Å²) in [5.41, 5.74) is 8.73. The minimum atomic E-state index is 0.128. The van der Waals surface area contributed by atoms with E-state index >= 15 is 0 Å². The Balaban J connectivity index is 2.35. The number of rotatable bonds is 2. The summed E-state index contributed by atoms with van der Waals surface area (Å²) in [6, 6.07) is 6.04. The number of anilines is 1. The van der Waals surface area contributed by atoms with Crippen LogP contribution >= 0.6 is 0 Å². The molecule has 98 valence electrons. The van der Waals surface area contributed by atoms with Gasteiger partial charge in [-0.1, -0.05) is 6.07 Å². The van der Waals surface area contributed by atoms with E-state index in [0.29, 0.717) is 0 Å². The third-order valence-corrected chi connectivity index (χ3v) is 3.24. The predicted molar refractivity (Wildman–Crippen MR) is 74.4 cm³/mol. The Labute approximate surface area is 108 Å². The van der Waals surface area contributed by atoms with Crippen molar-refractivity contribution in [3.05, 3.63) is 29.3 Å². The zero-order valence-electron chi connectivity index (χ0n) is 11.1. The van der Waals surface area contributed by atoms with Gasteiger partial charge in [0.25, 0.3) is 0 Å². The number of hydrogen-bond acceptors (Lipinski definition) is 3. The molecule has 1 unspecified atom stereocenters. The maximum Gasteiger partial charge on any atom is 0.124 e. The molecule has 1 aliphatic heterocycles. The Morgan fingerprint density at radius 1 is 1.50 bits per heavy atom. The molecule has 18 heavy (non-hydrogen) atoms. The molecule has 0 aliphatic carbocycles. The van der Waals surface area contributed by atoms with E-state index in [1.807, 2.05) is 12.1 Å². The highest BCUT2D eigenvalue weighted by atomic mass is 16.5. The van der Waals surface area contributed by atoms with Crippen LogP contribution in [-0.4, -0.2) is 31.6 Å². The molecular weight excluding hydrogens is 226 g/mol. The van der Waals surface area contributed by atoms with Gasteiger partial charge in [0.05, 0.1) is 6.10 Å². The molecule has 4 nitrogen and oxygen atoms in total. The average Bonchev–Trinajstić information content (AvgIpc) is 2.53. The summed E-state index contributed by atoms with van der Waals surface area (Å²) in [6.07, 6.45) is 1.23. The minimum Gasteiger partial charge on any atom is -0.384 e. The molecule has 1 saturated heterocycles. The van der Waals surface area contributed by atoms with E-state index < -0.39 is 0 Å². The maximum absolute atomic E-state index is 7.69. The molecule has 1 aliphatic rings. The Morgan fingerprint density at radius 3 is 3.00 bits per heavy atom. The van der Waals surface area contributed by atoms with Gasteiger partial charge in [-0.2, -0.15) is 0 Å². The normalized spacial score (nSPS) is 20.6. The molecule has 1 heterocycles. The third kappa shape index (κ3) is 2.82. The van der Waals surface area contributed by atoms with Gasteiger partial charge >= 0.3 is 0 Å². The van der Waals surface area contributed by atoms with Crippen molar-refractivity contribution in [1.82, 2.24) is 0 Å². The highest BCUT2D eigenvalue weighted by Crippen LogP contribution is 2.24. The van der Waals surface area contributed by atoms with Crippen molar-refractivity contribution < 1.29 is 4.74 Å². The Bertz CT molecular complexity index is 445. The number of nitrogens with one attached hydrogen (secondary N) is 1. The van der Waals surface area contributed by atoms with Gasteiger partial charge in [0, 0.05) is 30.9 Å². The van der Waals surface area contributed by atoms with E-state index in [4.69, 9.17) is 15.9 Å². The fraction of sp³-hybridized carbons (Fsp3) is 0.500. The van der Waals surface area contributed by atoms with E-state index in [2.05, 4.69) is 24.8 Å². The van der Waals surface area contributed by atoms with Crippen LogP contribution in [0.15, 0.2) is 18.2 Å². The summed E-state index contributed by atoms with van der Waals surface area (Å²) in [5, 5.41) is 7.69. The van der Waals surface area contributed by atoms with Crippen LogP contribution in [-0.2, 0) is 4.74 Å². The zero-order valence-corrected chi connectivity index (χ0v) is 11.1. The zero-order chi connectivity index (χ0) is 13.1. The standard InChI is InChI=1S/C14H21N3O/c1-10-4-5-12(14(15)16)13(8-10)17-6-3-7-18-11(2)9-17/h4-5,8,11H,3,6-7,9H2,1-2H3,(H3,15,16). The summed E-state index contributed by atoms with van der Waals surface area (Å²) in [7, 11) is 0. The first-order valence-electron chi connectivity index (χ1n) is 6.39. The summed E-state index contributed by atoms with van der Waals surface area (Å²) >= 11 is 0. The molecule has 3 N–H and O–H groups in total. The van der Waals surface area contributed by atoms with Crippen molar-refractivity contribution in [2.24, 2.45) is 5.73 Å². The molecule has 1 aromatic rings. The van der Waals surface area contributed by atoms with Crippen LogP contribution in [0.25, 0.3) is 0 Å². The quantitative estimate of drug-likeness (QED) is 0.619. The predicted octanol–water partition coefficient (Wildman–Crippen LogP) is 1.89. The van der Waals surface area contributed by atoms with Crippen LogP contribution in [0.3, 0.4) is 0 Å². The Hall–Kier alpha value is -1.55. The van der Waals surface area contributed by atoms with Crippen molar-refractivity contribution in [2.45, 2.75) is 26.4 Å². The summed E-state index contributed by atoms with van der Waals surface area (Å²) < 4.78 is 5.66. The van der Waals surface area contributed by atoms with Crippen molar-refractivity contribution >= 4 is 11.5 Å². The number of nitrogens with two attached hydrogens (primary N) is 1. The van der Waals surface area contributed by atoms with Gasteiger partial charge in [0.2, 0.25) is 0 Å². The van der Waals surface area contributed by atoms with Gasteiger partial charge in [-0.05, 0) is 38.0 Å². The van der Waals surface area contributed by atoms with Crippen LogP contribution in [0, 0.1) is 12.3 Å². The van der Waals surface area contributed by atoms with Crippen LogP contribution in [0.1, 0.15) is 24.5 Å². The number of benzene rings is 1. The van der Waals surface area contributed by atoms with Crippen LogP contribution < -0.4 is 10.6 Å². The van der Waals surface area contributed by atoms with E-state index in [0.717, 1.165) is 37.4 Å². The second-order valence-electron chi connectivity index (χ2n) is 4.92. The molecular formula is C14H21N3O. The number of nitrogen functional groups attached to an aromatic ring is 1. The van der Waals surface area contributed by atoms with Crippen LogP contribution in [0.4, 0.5) is 5.69 Å². The summed E-state index contributed by atoms with van der Waals surface area (Å²) in [5.74, 6) is 0.128. The number of ether oxygens (including phenoxy) is 1. The van der Waals surface area contributed by atoms with E-state index in [-0.39, 0.29) is 11.9 Å². The number of amidine groups is 1. The smallest absolute Gasteiger partial charge is 0.124 e. The van der Waals surface area contributed by atoms with Gasteiger partial charge in [0.1, 0.15) is 5.84 Å². The van der Waals surface area contributed by atoms with Gasteiger partial charge in [-0.15, -0.1) is 0 Å². The fourth-order valence-corrected chi connectivity index (χ4v) is 2.34. The van der Waals surface area contributed by atoms with Crippen molar-refractivity contribution in [3.8, 4) is 0 Å². The lowest BCUT2D eigenvalue weighted by Gasteiger charge is -2.27. The minimum absolute atomic E-state index is 0.128. The molecule has 2 rings (SSSR count). The first kappa shape index (κ1) is 12.9. The van der Waals surface area contributed by atoms with E-state index in [1.54, 1.807) is 0 Å². The van der Waals surface area contributed by atoms with Crippen molar-refractivity contribution in [2.75, 3.05) is 24.6 Å². The fourth-order valence-electron chi connectivity index (χ4n) is 2.34. The van der Waals surface area contributed by atoms with Gasteiger partial charge in [-0.3, -0.25) is 5.41 Å². The molecule has 0 aromatic heterocycles.